The zero-order valence-electron chi connectivity index (χ0n) is 9.67. The molecule has 2 rings (SSSR count). The van der Waals surface area contributed by atoms with E-state index in [1.54, 1.807) is 0 Å². The lowest BCUT2D eigenvalue weighted by atomic mass is 10.1. The first-order valence-electron chi connectivity index (χ1n) is 5.52. The molecule has 0 spiro atoms. The predicted molar refractivity (Wildman–Crippen MR) is 63.1 cm³/mol. The first-order chi connectivity index (χ1) is 8.69. The second-order valence-corrected chi connectivity index (χ2v) is 3.99. The van der Waals surface area contributed by atoms with Gasteiger partial charge in [0, 0.05) is 12.5 Å². The van der Waals surface area contributed by atoms with Gasteiger partial charge >= 0.3 is 0 Å². The molecule has 8 heteroatoms. The van der Waals surface area contributed by atoms with E-state index in [4.69, 9.17) is 15.3 Å². The zero-order valence-corrected chi connectivity index (χ0v) is 9.67. The van der Waals surface area contributed by atoms with Crippen molar-refractivity contribution in [1.29, 1.82) is 0 Å². The molecule has 1 aliphatic rings. The van der Waals surface area contributed by atoms with Gasteiger partial charge in [0.2, 0.25) is 5.88 Å². The number of nitrogen functional groups attached to an aromatic ring is 1. The first kappa shape index (κ1) is 12.5. The maximum atomic E-state index is 10.7. The van der Waals surface area contributed by atoms with Crippen molar-refractivity contribution in [2.75, 3.05) is 25.2 Å². The second-order valence-electron chi connectivity index (χ2n) is 3.99. The number of hydrogen-bond donors (Lipinski definition) is 2. The van der Waals surface area contributed by atoms with Crippen molar-refractivity contribution in [2.45, 2.75) is 6.42 Å². The summed E-state index contributed by atoms with van der Waals surface area (Å²) in [4.78, 5) is 14.2. The molecule has 1 aromatic rings. The van der Waals surface area contributed by atoms with E-state index in [-0.39, 0.29) is 17.4 Å². The third-order valence-corrected chi connectivity index (χ3v) is 2.64. The summed E-state index contributed by atoms with van der Waals surface area (Å²) >= 11 is 0. The van der Waals surface area contributed by atoms with Crippen LogP contribution in [-0.4, -0.2) is 29.7 Å². The molecular formula is C10H14N4O4. The van der Waals surface area contributed by atoms with Gasteiger partial charge in [0.1, 0.15) is 0 Å². The van der Waals surface area contributed by atoms with E-state index in [1.807, 2.05) is 0 Å². The van der Waals surface area contributed by atoms with Gasteiger partial charge in [0.05, 0.1) is 30.3 Å². The number of aromatic nitrogens is 1. The number of nitrogens with zero attached hydrogens (tertiary/aromatic N) is 2. The summed E-state index contributed by atoms with van der Waals surface area (Å²) in [6, 6.07) is 2.52. The van der Waals surface area contributed by atoms with Gasteiger partial charge in [-0.1, -0.05) is 0 Å². The fraction of sp³-hybridized carbons (Fsp3) is 0.500. The van der Waals surface area contributed by atoms with Gasteiger partial charge in [-0.3, -0.25) is 10.1 Å². The van der Waals surface area contributed by atoms with Gasteiger partial charge in [-0.05, 0) is 6.42 Å². The third-order valence-electron chi connectivity index (χ3n) is 2.64. The largest absolute Gasteiger partial charge is 0.477 e. The molecule has 1 unspecified atom stereocenters. The van der Waals surface area contributed by atoms with Crippen LogP contribution in [0.4, 0.5) is 11.5 Å². The first-order valence-corrected chi connectivity index (χ1v) is 5.52. The quantitative estimate of drug-likeness (QED) is 0.451. The van der Waals surface area contributed by atoms with Crippen LogP contribution in [0.2, 0.25) is 0 Å². The molecule has 0 amide bonds. The summed E-state index contributed by atoms with van der Waals surface area (Å²) < 4.78 is 10.6. The highest BCUT2D eigenvalue weighted by Gasteiger charge is 2.18. The number of nitrogens with two attached hydrogens (primary N) is 1. The Morgan fingerprint density at radius 3 is 3.11 bits per heavy atom. The number of rotatable bonds is 5. The highest BCUT2D eigenvalue weighted by atomic mass is 16.6. The SMILES string of the molecule is NNc1cc([N+](=O)[O-])cc(OCC2CCOC2)n1. The van der Waals surface area contributed by atoms with Gasteiger partial charge in [-0.15, -0.1) is 0 Å². The zero-order chi connectivity index (χ0) is 13.0. The fourth-order valence-electron chi connectivity index (χ4n) is 1.66. The lowest BCUT2D eigenvalue weighted by Crippen LogP contribution is -2.14. The highest BCUT2D eigenvalue weighted by Crippen LogP contribution is 2.22. The van der Waals surface area contributed by atoms with E-state index in [1.165, 1.54) is 12.1 Å². The molecule has 1 aliphatic heterocycles. The van der Waals surface area contributed by atoms with E-state index >= 15 is 0 Å². The van der Waals surface area contributed by atoms with Crippen LogP contribution in [0, 0.1) is 16.0 Å². The van der Waals surface area contributed by atoms with Gasteiger partial charge in [-0.2, -0.15) is 4.98 Å². The molecule has 0 aliphatic carbocycles. The summed E-state index contributed by atoms with van der Waals surface area (Å²) in [5, 5.41) is 10.7. The molecule has 0 radical (unpaired) electrons. The maximum absolute atomic E-state index is 10.7. The Morgan fingerprint density at radius 2 is 2.50 bits per heavy atom. The van der Waals surface area contributed by atoms with Gasteiger partial charge < -0.3 is 14.9 Å². The van der Waals surface area contributed by atoms with Crippen LogP contribution in [0.5, 0.6) is 5.88 Å². The monoisotopic (exact) mass is 254 g/mol. The topological polar surface area (TPSA) is 113 Å². The molecule has 0 saturated carbocycles. The highest BCUT2D eigenvalue weighted by molar-refractivity contribution is 5.47. The Kier molecular flexibility index (Phi) is 3.90. The van der Waals surface area contributed by atoms with E-state index in [0.29, 0.717) is 19.1 Å². The Morgan fingerprint density at radius 1 is 1.67 bits per heavy atom. The smallest absolute Gasteiger partial charge is 0.278 e. The lowest BCUT2D eigenvalue weighted by molar-refractivity contribution is -0.384. The van der Waals surface area contributed by atoms with E-state index in [9.17, 15) is 10.1 Å². The second kappa shape index (κ2) is 5.61. The third kappa shape index (κ3) is 3.05. The summed E-state index contributed by atoms with van der Waals surface area (Å²) in [6.07, 6.45) is 0.928. The minimum atomic E-state index is -0.520. The molecule has 0 aromatic carbocycles. The minimum absolute atomic E-state index is 0.115. The van der Waals surface area contributed by atoms with Crippen molar-refractivity contribution in [3.8, 4) is 5.88 Å². The van der Waals surface area contributed by atoms with Crippen LogP contribution in [0.25, 0.3) is 0 Å². The van der Waals surface area contributed by atoms with E-state index in [0.717, 1.165) is 13.0 Å². The Hall–Kier alpha value is -1.93. The molecule has 8 nitrogen and oxygen atoms in total. The molecule has 1 fully saturated rings. The fourth-order valence-corrected chi connectivity index (χ4v) is 1.66. The molecule has 1 saturated heterocycles. The summed E-state index contributed by atoms with van der Waals surface area (Å²) in [5.74, 6) is 5.88. The predicted octanol–water partition coefficient (Wildman–Crippen LogP) is 0.691. The van der Waals surface area contributed by atoms with Crippen LogP contribution in [0.15, 0.2) is 12.1 Å². The molecule has 1 atom stereocenters. The standard InChI is InChI=1S/C10H14N4O4/c11-13-9-3-8(14(15)16)4-10(12-9)18-6-7-1-2-17-5-7/h3-4,7H,1-2,5-6,11H2,(H,12,13). The maximum Gasteiger partial charge on any atom is 0.278 e. The van der Waals surface area contributed by atoms with Crippen LogP contribution < -0.4 is 16.0 Å². The van der Waals surface area contributed by atoms with E-state index in [2.05, 4.69) is 10.4 Å². The summed E-state index contributed by atoms with van der Waals surface area (Å²) in [6.45, 7) is 1.81. The summed E-state index contributed by atoms with van der Waals surface area (Å²) in [7, 11) is 0. The number of pyridine rings is 1. The number of ether oxygens (including phenoxy) is 2. The molecular weight excluding hydrogens is 240 g/mol. The van der Waals surface area contributed by atoms with Crippen molar-refractivity contribution in [3.05, 3.63) is 22.2 Å². The number of nitro groups is 1. The average Bonchev–Trinajstić information content (AvgIpc) is 2.89. The average molecular weight is 254 g/mol. The molecule has 2 heterocycles. The number of nitrogens with one attached hydrogen (secondary N) is 1. The Labute approximate surface area is 103 Å². The lowest BCUT2D eigenvalue weighted by Gasteiger charge is -2.10. The Bertz CT molecular complexity index is 434. The van der Waals surface area contributed by atoms with Crippen LogP contribution >= 0.6 is 0 Å². The van der Waals surface area contributed by atoms with Crippen LogP contribution in [-0.2, 0) is 4.74 Å². The molecule has 98 valence electrons. The van der Waals surface area contributed by atoms with E-state index < -0.39 is 4.92 Å². The van der Waals surface area contributed by atoms with Gasteiger partial charge in [0.25, 0.3) is 5.69 Å². The number of anilines is 1. The molecule has 0 bridgehead atoms. The van der Waals surface area contributed by atoms with Gasteiger partial charge in [0.15, 0.2) is 5.82 Å². The Balaban J connectivity index is 2.05. The van der Waals surface area contributed by atoms with Crippen molar-refractivity contribution in [3.63, 3.8) is 0 Å². The van der Waals surface area contributed by atoms with Crippen molar-refractivity contribution >= 4 is 11.5 Å². The summed E-state index contributed by atoms with van der Waals surface area (Å²) in [5.41, 5.74) is 2.16. The van der Waals surface area contributed by atoms with Crippen molar-refractivity contribution < 1.29 is 14.4 Å². The molecule has 18 heavy (non-hydrogen) atoms. The van der Waals surface area contributed by atoms with Crippen LogP contribution in [0.3, 0.4) is 0 Å². The van der Waals surface area contributed by atoms with Gasteiger partial charge in [-0.25, -0.2) is 5.84 Å². The van der Waals surface area contributed by atoms with Crippen LogP contribution in [0.1, 0.15) is 6.42 Å². The normalized spacial score (nSPS) is 18.6. The number of hydrazine groups is 1. The molecule has 1 aromatic heterocycles. The van der Waals surface area contributed by atoms with Crippen molar-refractivity contribution in [2.24, 2.45) is 11.8 Å². The van der Waals surface area contributed by atoms with Crippen molar-refractivity contribution in [1.82, 2.24) is 4.98 Å². The number of hydrogen-bond acceptors (Lipinski definition) is 7. The molecule has 3 N–H and O–H groups in total. The minimum Gasteiger partial charge on any atom is -0.477 e.